The second kappa shape index (κ2) is 9.75. The maximum Gasteiger partial charge on any atom is 0.239 e. The van der Waals surface area contributed by atoms with E-state index in [1.54, 1.807) is 0 Å². The van der Waals surface area contributed by atoms with Gasteiger partial charge in [0.2, 0.25) is 5.91 Å². The molecule has 0 bridgehead atoms. The minimum absolute atomic E-state index is 0. The smallest absolute Gasteiger partial charge is 0.239 e. The predicted octanol–water partition coefficient (Wildman–Crippen LogP) is 4.02. The van der Waals surface area contributed by atoms with E-state index in [-0.39, 0.29) is 18.3 Å². The van der Waals surface area contributed by atoms with Crippen LogP contribution in [-0.2, 0) is 11.2 Å². The molecule has 1 aliphatic heterocycles. The Bertz CT molecular complexity index is 677. The Labute approximate surface area is 163 Å². The lowest BCUT2D eigenvalue weighted by Gasteiger charge is -2.39. The molecule has 3 atom stereocenters. The molecule has 4 heteroatoms. The number of piperidine rings is 1. The standard InChI is InChI=1S/C22H28N2O.ClH/c1-2-18-16-24(14-13-20(18)19-11-7-4-8-12-19)22(25)21(23)15-17-9-5-3-6-10-17;/h3-12,18,20-21H,2,13-16,23H2,1H3;1H/t18?,20?,21-;/m0./s1. The summed E-state index contributed by atoms with van der Waals surface area (Å²) in [5.74, 6) is 1.14. The molecule has 2 aromatic rings. The molecule has 3 rings (SSSR count). The lowest BCUT2D eigenvalue weighted by Crippen LogP contribution is -2.50. The molecule has 0 spiro atoms. The van der Waals surface area contributed by atoms with Gasteiger partial charge in [-0.15, -0.1) is 12.4 Å². The van der Waals surface area contributed by atoms with Crippen LogP contribution in [0.15, 0.2) is 60.7 Å². The highest BCUT2D eigenvalue weighted by Crippen LogP contribution is 2.35. The van der Waals surface area contributed by atoms with Gasteiger partial charge in [0.15, 0.2) is 0 Å². The van der Waals surface area contributed by atoms with Gasteiger partial charge in [-0.05, 0) is 35.8 Å². The Morgan fingerprint density at radius 2 is 1.73 bits per heavy atom. The summed E-state index contributed by atoms with van der Waals surface area (Å²) in [5, 5.41) is 0. The number of nitrogens with zero attached hydrogens (tertiary/aromatic N) is 1. The van der Waals surface area contributed by atoms with Gasteiger partial charge >= 0.3 is 0 Å². The van der Waals surface area contributed by atoms with Gasteiger partial charge in [-0.25, -0.2) is 0 Å². The highest BCUT2D eigenvalue weighted by molar-refractivity contribution is 5.85. The SMILES string of the molecule is CCC1CN(C(=O)[C@@H](N)Cc2ccccc2)CCC1c1ccccc1.Cl. The summed E-state index contributed by atoms with van der Waals surface area (Å²) in [5.41, 5.74) is 8.74. The molecule has 1 heterocycles. The number of halogens is 1. The van der Waals surface area contributed by atoms with Crippen molar-refractivity contribution in [3.05, 3.63) is 71.8 Å². The van der Waals surface area contributed by atoms with Crippen LogP contribution in [0.3, 0.4) is 0 Å². The van der Waals surface area contributed by atoms with Gasteiger partial charge in [0, 0.05) is 13.1 Å². The molecule has 140 valence electrons. The Balaban J connectivity index is 0.00000243. The number of benzene rings is 2. The monoisotopic (exact) mass is 372 g/mol. The van der Waals surface area contributed by atoms with Crippen LogP contribution in [-0.4, -0.2) is 29.9 Å². The van der Waals surface area contributed by atoms with E-state index in [9.17, 15) is 4.79 Å². The molecule has 1 saturated heterocycles. The van der Waals surface area contributed by atoms with E-state index in [1.165, 1.54) is 5.56 Å². The normalized spacial score (nSPS) is 20.9. The topological polar surface area (TPSA) is 46.3 Å². The van der Waals surface area contributed by atoms with E-state index in [0.717, 1.165) is 31.5 Å². The molecule has 26 heavy (non-hydrogen) atoms. The quantitative estimate of drug-likeness (QED) is 0.861. The molecule has 3 nitrogen and oxygen atoms in total. The van der Waals surface area contributed by atoms with Crippen LogP contribution in [0.5, 0.6) is 0 Å². The van der Waals surface area contributed by atoms with Crippen molar-refractivity contribution in [3.63, 3.8) is 0 Å². The molecule has 2 N–H and O–H groups in total. The lowest BCUT2D eigenvalue weighted by atomic mass is 9.79. The van der Waals surface area contributed by atoms with Crippen molar-refractivity contribution in [2.45, 2.75) is 38.1 Å². The molecule has 1 aliphatic rings. The van der Waals surface area contributed by atoms with Crippen molar-refractivity contribution in [1.29, 1.82) is 0 Å². The molecule has 1 fully saturated rings. The van der Waals surface area contributed by atoms with Gasteiger partial charge in [0.05, 0.1) is 6.04 Å². The van der Waals surface area contributed by atoms with Gasteiger partial charge in [-0.1, -0.05) is 74.0 Å². The van der Waals surface area contributed by atoms with E-state index in [4.69, 9.17) is 5.73 Å². The van der Waals surface area contributed by atoms with Crippen LogP contribution < -0.4 is 5.73 Å². The molecule has 0 aliphatic carbocycles. The fourth-order valence-electron chi connectivity index (χ4n) is 3.97. The summed E-state index contributed by atoms with van der Waals surface area (Å²) in [7, 11) is 0. The maximum atomic E-state index is 12.8. The van der Waals surface area contributed by atoms with Crippen molar-refractivity contribution in [1.82, 2.24) is 4.90 Å². The van der Waals surface area contributed by atoms with Gasteiger partial charge < -0.3 is 10.6 Å². The van der Waals surface area contributed by atoms with Gasteiger partial charge in [-0.2, -0.15) is 0 Å². The van der Waals surface area contributed by atoms with E-state index in [1.807, 2.05) is 35.2 Å². The first kappa shape index (κ1) is 20.5. The Kier molecular flexibility index (Phi) is 7.67. The molecule has 0 radical (unpaired) electrons. The van der Waals surface area contributed by atoms with Crippen molar-refractivity contribution >= 4 is 18.3 Å². The zero-order valence-corrected chi connectivity index (χ0v) is 16.2. The summed E-state index contributed by atoms with van der Waals surface area (Å²) in [6.07, 6.45) is 2.71. The first-order valence-electron chi connectivity index (χ1n) is 9.32. The fourth-order valence-corrected chi connectivity index (χ4v) is 3.97. The molecule has 1 amide bonds. The third kappa shape index (κ3) is 4.87. The summed E-state index contributed by atoms with van der Waals surface area (Å²) in [6.45, 7) is 3.84. The van der Waals surface area contributed by atoms with E-state index < -0.39 is 6.04 Å². The second-order valence-electron chi connectivity index (χ2n) is 7.05. The first-order chi connectivity index (χ1) is 12.2. The number of nitrogens with two attached hydrogens (primary N) is 1. The van der Waals surface area contributed by atoms with E-state index >= 15 is 0 Å². The third-order valence-corrected chi connectivity index (χ3v) is 5.41. The average Bonchev–Trinajstić information content (AvgIpc) is 2.68. The zero-order chi connectivity index (χ0) is 17.6. The lowest BCUT2D eigenvalue weighted by molar-refractivity contribution is -0.134. The van der Waals surface area contributed by atoms with Crippen molar-refractivity contribution in [2.75, 3.05) is 13.1 Å². The summed E-state index contributed by atoms with van der Waals surface area (Å²) in [4.78, 5) is 14.8. The van der Waals surface area contributed by atoms with Gasteiger partial charge in [-0.3, -0.25) is 4.79 Å². The highest BCUT2D eigenvalue weighted by Gasteiger charge is 2.32. The van der Waals surface area contributed by atoms with Crippen molar-refractivity contribution in [2.24, 2.45) is 11.7 Å². The van der Waals surface area contributed by atoms with Crippen LogP contribution in [0.2, 0.25) is 0 Å². The average molecular weight is 373 g/mol. The number of likely N-dealkylation sites (tertiary alicyclic amines) is 1. The molecular formula is C22H29ClN2O. The van der Waals surface area contributed by atoms with E-state index in [2.05, 4.69) is 37.3 Å². The number of hydrogen-bond donors (Lipinski definition) is 1. The number of carbonyl (C=O) groups is 1. The van der Waals surface area contributed by atoms with Crippen LogP contribution in [0.1, 0.15) is 36.8 Å². The minimum Gasteiger partial charge on any atom is -0.341 e. The molecule has 0 aromatic heterocycles. The van der Waals surface area contributed by atoms with Crippen molar-refractivity contribution < 1.29 is 4.79 Å². The Morgan fingerprint density at radius 1 is 1.12 bits per heavy atom. The zero-order valence-electron chi connectivity index (χ0n) is 15.4. The van der Waals surface area contributed by atoms with Crippen LogP contribution in [0.25, 0.3) is 0 Å². The first-order valence-corrected chi connectivity index (χ1v) is 9.32. The summed E-state index contributed by atoms with van der Waals surface area (Å²) in [6, 6.07) is 20.3. The van der Waals surface area contributed by atoms with Gasteiger partial charge in [0.25, 0.3) is 0 Å². The second-order valence-corrected chi connectivity index (χ2v) is 7.05. The number of amides is 1. The largest absolute Gasteiger partial charge is 0.341 e. The van der Waals surface area contributed by atoms with Crippen molar-refractivity contribution in [3.8, 4) is 0 Å². The summed E-state index contributed by atoms with van der Waals surface area (Å²) < 4.78 is 0. The Morgan fingerprint density at radius 3 is 2.35 bits per heavy atom. The van der Waals surface area contributed by atoms with Crippen LogP contribution >= 0.6 is 12.4 Å². The third-order valence-electron chi connectivity index (χ3n) is 5.41. The Hall–Kier alpha value is -1.84. The molecule has 2 aromatic carbocycles. The maximum absolute atomic E-state index is 12.8. The van der Waals surface area contributed by atoms with Crippen LogP contribution in [0, 0.1) is 5.92 Å². The summed E-state index contributed by atoms with van der Waals surface area (Å²) >= 11 is 0. The minimum atomic E-state index is -0.451. The highest BCUT2D eigenvalue weighted by atomic mass is 35.5. The van der Waals surface area contributed by atoms with Crippen LogP contribution in [0.4, 0.5) is 0 Å². The molecular weight excluding hydrogens is 344 g/mol. The van der Waals surface area contributed by atoms with E-state index in [0.29, 0.717) is 18.3 Å². The number of hydrogen-bond acceptors (Lipinski definition) is 2. The fraction of sp³-hybridized carbons (Fsp3) is 0.409. The predicted molar refractivity (Wildman–Crippen MR) is 110 cm³/mol. The molecule has 0 saturated carbocycles. The molecule has 2 unspecified atom stereocenters. The number of carbonyl (C=O) groups excluding carboxylic acids is 1. The van der Waals surface area contributed by atoms with Gasteiger partial charge in [0.1, 0.15) is 0 Å². The number of rotatable bonds is 5.